The largest absolute Gasteiger partial charge is 0.420 e. The van der Waals surface area contributed by atoms with Crippen LogP contribution in [0.1, 0.15) is 18.5 Å². The third-order valence-corrected chi connectivity index (χ3v) is 7.20. The minimum atomic E-state index is -3.56. The molecule has 1 unspecified atom stereocenters. The van der Waals surface area contributed by atoms with Crippen LogP contribution in [0.3, 0.4) is 0 Å². The number of fused-ring (bicyclic) bond motifs is 1. The number of amides is 1. The number of benzene rings is 2. The summed E-state index contributed by atoms with van der Waals surface area (Å²) in [6.45, 7) is 3.26. The number of nitrogens with one attached hydrogen (secondary N) is 1. The Morgan fingerprint density at radius 3 is 2.48 bits per heavy atom. The lowest BCUT2D eigenvalue weighted by Gasteiger charge is -2.26. The van der Waals surface area contributed by atoms with Gasteiger partial charge in [0.05, 0.1) is 23.6 Å². The molecule has 164 valence electrons. The van der Waals surface area contributed by atoms with Crippen LogP contribution in [-0.2, 0) is 26.1 Å². The summed E-state index contributed by atoms with van der Waals surface area (Å²) in [5.41, 5.74) is 1.71. The van der Waals surface area contributed by atoms with Crippen LogP contribution in [-0.4, -0.2) is 49.5 Å². The van der Waals surface area contributed by atoms with Crippen molar-refractivity contribution in [3.05, 3.63) is 64.6 Å². The number of hydrogen-bond acceptors (Lipinski definition) is 6. The molecule has 1 atom stereocenters. The highest BCUT2D eigenvalue weighted by molar-refractivity contribution is 7.89. The second-order valence-corrected chi connectivity index (χ2v) is 9.20. The molecule has 0 saturated carbocycles. The Morgan fingerprint density at radius 1 is 1.10 bits per heavy atom. The molecule has 1 aliphatic rings. The van der Waals surface area contributed by atoms with Crippen LogP contribution in [0.2, 0.25) is 0 Å². The molecular weight excluding hydrogens is 422 g/mol. The molecule has 0 radical (unpaired) electrons. The van der Waals surface area contributed by atoms with E-state index in [1.54, 1.807) is 43.3 Å². The van der Waals surface area contributed by atoms with E-state index in [1.807, 2.05) is 0 Å². The number of morpholine rings is 1. The summed E-state index contributed by atoms with van der Waals surface area (Å²) in [6, 6.07) is 12.5. The normalized spacial score (nSPS) is 16.3. The molecule has 1 saturated heterocycles. The molecule has 4 rings (SSSR count). The summed E-state index contributed by atoms with van der Waals surface area (Å²) < 4.78 is 38.5. The Labute approximate surface area is 179 Å². The van der Waals surface area contributed by atoms with Crippen molar-refractivity contribution < 1.29 is 22.4 Å². The number of nitrogens with zero attached hydrogens (tertiary/aromatic N) is 2. The number of sulfonamides is 1. The van der Waals surface area contributed by atoms with Gasteiger partial charge in [-0.3, -0.25) is 9.36 Å². The maximum absolute atomic E-state index is 12.7. The number of carbonyl (C=O) groups excluding carboxylic acids is 1. The summed E-state index contributed by atoms with van der Waals surface area (Å²) >= 11 is 0. The Bertz CT molecular complexity index is 1240. The van der Waals surface area contributed by atoms with Gasteiger partial charge in [0.15, 0.2) is 5.58 Å². The van der Waals surface area contributed by atoms with E-state index in [9.17, 15) is 18.0 Å². The first-order valence-electron chi connectivity index (χ1n) is 9.92. The van der Waals surface area contributed by atoms with Gasteiger partial charge in [-0.1, -0.05) is 24.3 Å². The fraction of sp³-hybridized carbons (Fsp3) is 0.333. The third kappa shape index (κ3) is 4.27. The number of hydrogen-bond donors (Lipinski definition) is 1. The first-order chi connectivity index (χ1) is 14.9. The molecule has 1 aliphatic heterocycles. The predicted octanol–water partition coefficient (Wildman–Crippen LogP) is 1.49. The number of aromatic nitrogens is 1. The monoisotopic (exact) mass is 445 g/mol. The van der Waals surface area contributed by atoms with Crippen LogP contribution in [0, 0.1) is 0 Å². The summed E-state index contributed by atoms with van der Waals surface area (Å²) in [6.07, 6.45) is 0. The minimum Gasteiger partial charge on any atom is -0.408 e. The van der Waals surface area contributed by atoms with Crippen molar-refractivity contribution in [2.24, 2.45) is 0 Å². The Morgan fingerprint density at radius 2 is 1.77 bits per heavy atom. The second-order valence-electron chi connectivity index (χ2n) is 7.26. The van der Waals surface area contributed by atoms with Gasteiger partial charge in [0.2, 0.25) is 15.9 Å². The predicted molar refractivity (Wildman–Crippen MR) is 113 cm³/mol. The second kappa shape index (κ2) is 8.66. The van der Waals surface area contributed by atoms with Crippen LogP contribution >= 0.6 is 0 Å². The van der Waals surface area contributed by atoms with Crippen LogP contribution in [0.5, 0.6) is 0 Å². The fourth-order valence-corrected chi connectivity index (χ4v) is 4.93. The Balaban J connectivity index is 1.42. The highest BCUT2D eigenvalue weighted by Crippen LogP contribution is 2.19. The summed E-state index contributed by atoms with van der Waals surface area (Å²) in [5.74, 6) is -0.944. The topological polar surface area (TPSA) is 111 Å². The van der Waals surface area contributed by atoms with E-state index >= 15 is 0 Å². The van der Waals surface area contributed by atoms with Crippen molar-refractivity contribution in [3.8, 4) is 0 Å². The number of oxazole rings is 1. The number of carbonyl (C=O) groups is 1. The van der Waals surface area contributed by atoms with Gasteiger partial charge >= 0.3 is 5.76 Å². The van der Waals surface area contributed by atoms with E-state index in [0.29, 0.717) is 37.4 Å². The molecule has 1 fully saturated rings. The molecule has 31 heavy (non-hydrogen) atoms. The summed E-state index contributed by atoms with van der Waals surface area (Å²) in [4.78, 5) is 25.0. The van der Waals surface area contributed by atoms with Gasteiger partial charge in [-0.25, -0.2) is 13.2 Å². The van der Waals surface area contributed by atoms with E-state index in [1.165, 1.54) is 21.0 Å². The smallest absolute Gasteiger partial charge is 0.408 e. The number of para-hydroxylation sites is 2. The van der Waals surface area contributed by atoms with Crippen LogP contribution in [0.4, 0.5) is 0 Å². The summed E-state index contributed by atoms with van der Waals surface area (Å²) in [7, 11) is -3.56. The third-order valence-electron chi connectivity index (χ3n) is 5.28. The van der Waals surface area contributed by atoms with Crippen molar-refractivity contribution in [2.75, 3.05) is 26.3 Å². The van der Waals surface area contributed by atoms with Gasteiger partial charge in [-0.2, -0.15) is 4.31 Å². The van der Waals surface area contributed by atoms with Crippen LogP contribution < -0.4 is 11.1 Å². The SMILES string of the molecule is CC(C(=O)NCc1ccc(S(=O)(=O)N2CCOCC2)cc1)n1c(=O)oc2ccccc21. The molecule has 1 amide bonds. The zero-order valence-electron chi connectivity index (χ0n) is 17.0. The van der Waals surface area contributed by atoms with Gasteiger partial charge in [0, 0.05) is 19.6 Å². The van der Waals surface area contributed by atoms with Gasteiger partial charge in [0.1, 0.15) is 6.04 Å². The molecule has 2 heterocycles. The highest BCUT2D eigenvalue weighted by Gasteiger charge is 2.26. The standard InChI is InChI=1S/C21H23N3O6S/c1-15(24-18-4-2-3-5-19(18)30-21(24)26)20(25)22-14-16-6-8-17(9-7-16)31(27,28)23-10-12-29-13-11-23/h2-9,15H,10-14H2,1H3,(H,22,25). The molecule has 3 aromatic rings. The van der Waals surface area contributed by atoms with Crippen molar-refractivity contribution in [2.45, 2.75) is 24.4 Å². The van der Waals surface area contributed by atoms with E-state index < -0.39 is 21.8 Å². The number of rotatable bonds is 6. The molecule has 1 N–H and O–H groups in total. The maximum atomic E-state index is 12.7. The van der Waals surface area contributed by atoms with Gasteiger partial charge < -0.3 is 14.5 Å². The van der Waals surface area contributed by atoms with Gasteiger partial charge in [-0.15, -0.1) is 0 Å². The quantitative estimate of drug-likeness (QED) is 0.616. The average Bonchev–Trinajstić information content (AvgIpc) is 3.13. The highest BCUT2D eigenvalue weighted by atomic mass is 32.2. The van der Waals surface area contributed by atoms with Crippen LogP contribution in [0.15, 0.2) is 62.6 Å². The van der Waals surface area contributed by atoms with Crippen molar-refractivity contribution in [1.29, 1.82) is 0 Å². The summed E-state index contributed by atoms with van der Waals surface area (Å²) in [5, 5.41) is 2.78. The van der Waals surface area contributed by atoms with E-state index in [-0.39, 0.29) is 17.3 Å². The van der Waals surface area contributed by atoms with Crippen LogP contribution in [0.25, 0.3) is 11.1 Å². The maximum Gasteiger partial charge on any atom is 0.420 e. The van der Waals surface area contributed by atoms with Crippen molar-refractivity contribution in [1.82, 2.24) is 14.2 Å². The lowest BCUT2D eigenvalue weighted by atomic mass is 10.2. The van der Waals surface area contributed by atoms with Gasteiger partial charge in [-0.05, 0) is 36.8 Å². The van der Waals surface area contributed by atoms with E-state index in [0.717, 1.165) is 5.56 Å². The van der Waals surface area contributed by atoms with Gasteiger partial charge in [0.25, 0.3) is 0 Å². The lowest BCUT2D eigenvalue weighted by molar-refractivity contribution is -0.124. The molecule has 2 aromatic carbocycles. The zero-order chi connectivity index (χ0) is 22.0. The fourth-order valence-electron chi connectivity index (χ4n) is 3.52. The molecule has 0 bridgehead atoms. The van der Waals surface area contributed by atoms with Crippen molar-refractivity contribution >= 4 is 27.0 Å². The first kappa shape index (κ1) is 21.3. The van der Waals surface area contributed by atoms with E-state index in [4.69, 9.17) is 9.15 Å². The Kier molecular flexibility index (Phi) is 5.94. The molecule has 0 aliphatic carbocycles. The van der Waals surface area contributed by atoms with Crippen molar-refractivity contribution in [3.63, 3.8) is 0 Å². The zero-order valence-corrected chi connectivity index (χ0v) is 17.8. The molecule has 1 aromatic heterocycles. The lowest BCUT2D eigenvalue weighted by Crippen LogP contribution is -2.40. The average molecular weight is 445 g/mol. The Hall–Kier alpha value is -2.95. The molecular formula is C21H23N3O6S. The first-order valence-corrected chi connectivity index (χ1v) is 11.4. The van der Waals surface area contributed by atoms with E-state index in [2.05, 4.69) is 5.32 Å². The number of ether oxygens (including phenoxy) is 1. The molecule has 9 nitrogen and oxygen atoms in total. The minimum absolute atomic E-state index is 0.200. The molecule has 10 heteroatoms. The molecule has 0 spiro atoms.